The molecule has 4 nitrogen and oxygen atoms in total. The van der Waals surface area contributed by atoms with Gasteiger partial charge in [-0.2, -0.15) is 0 Å². The second-order valence-corrected chi connectivity index (χ2v) is 6.67. The maximum Gasteiger partial charge on any atom is 0.322 e. The van der Waals surface area contributed by atoms with E-state index in [2.05, 4.69) is 23.5 Å². The molecule has 1 aliphatic heterocycles. The second-order valence-electron chi connectivity index (χ2n) is 6.67. The molecule has 1 N–H and O–H groups in total. The Bertz CT molecular complexity index is 907. The van der Waals surface area contributed by atoms with Crippen molar-refractivity contribution in [1.82, 2.24) is 4.90 Å². The number of carbonyl (C=O) groups excluding carboxylic acids is 1. The maximum atomic E-state index is 12.6. The molecule has 0 fully saturated rings. The smallest absolute Gasteiger partial charge is 0.322 e. The summed E-state index contributed by atoms with van der Waals surface area (Å²) in [6, 6.07) is 25.8. The van der Waals surface area contributed by atoms with Gasteiger partial charge in [0.15, 0.2) is 0 Å². The van der Waals surface area contributed by atoms with Crippen LogP contribution in [0.1, 0.15) is 16.7 Å². The fourth-order valence-electron chi connectivity index (χ4n) is 3.25. The quantitative estimate of drug-likeness (QED) is 0.724. The second kappa shape index (κ2) is 7.96. The van der Waals surface area contributed by atoms with Crippen molar-refractivity contribution in [3.8, 4) is 5.75 Å². The van der Waals surface area contributed by atoms with Crippen molar-refractivity contribution >= 4 is 11.7 Å². The molecule has 0 atom stereocenters. The number of benzene rings is 3. The Morgan fingerprint density at radius 2 is 1.59 bits per heavy atom. The Labute approximate surface area is 159 Å². The van der Waals surface area contributed by atoms with Crippen molar-refractivity contribution in [2.24, 2.45) is 0 Å². The predicted molar refractivity (Wildman–Crippen MR) is 107 cm³/mol. The highest BCUT2D eigenvalue weighted by Crippen LogP contribution is 2.21. The van der Waals surface area contributed by atoms with Crippen molar-refractivity contribution in [2.75, 3.05) is 11.9 Å². The molecule has 0 aromatic heterocycles. The van der Waals surface area contributed by atoms with Gasteiger partial charge < -0.3 is 15.0 Å². The number of nitrogens with zero attached hydrogens (tertiary/aromatic N) is 1. The van der Waals surface area contributed by atoms with E-state index < -0.39 is 0 Å². The third-order valence-corrected chi connectivity index (χ3v) is 4.77. The van der Waals surface area contributed by atoms with Gasteiger partial charge in [0, 0.05) is 18.8 Å². The molecular weight excluding hydrogens is 336 g/mol. The first kappa shape index (κ1) is 17.2. The zero-order valence-corrected chi connectivity index (χ0v) is 15.1. The largest absolute Gasteiger partial charge is 0.489 e. The van der Waals surface area contributed by atoms with Gasteiger partial charge in [-0.3, -0.25) is 0 Å². The Kier molecular flexibility index (Phi) is 5.06. The number of urea groups is 1. The molecule has 0 saturated heterocycles. The number of rotatable bonds is 4. The molecule has 4 heteroatoms. The van der Waals surface area contributed by atoms with E-state index in [1.807, 2.05) is 65.6 Å². The van der Waals surface area contributed by atoms with Crippen LogP contribution >= 0.6 is 0 Å². The summed E-state index contributed by atoms with van der Waals surface area (Å²) < 4.78 is 5.78. The molecule has 0 saturated carbocycles. The van der Waals surface area contributed by atoms with Gasteiger partial charge in [-0.05, 0) is 47.4 Å². The van der Waals surface area contributed by atoms with Crippen molar-refractivity contribution in [1.29, 1.82) is 0 Å². The van der Waals surface area contributed by atoms with Gasteiger partial charge in [0.2, 0.25) is 0 Å². The summed E-state index contributed by atoms with van der Waals surface area (Å²) in [4.78, 5) is 14.4. The first-order valence-corrected chi connectivity index (χ1v) is 9.17. The Morgan fingerprint density at radius 3 is 2.37 bits per heavy atom. The minimum Gasteiger partial charge on any atom is -0.489 e. The number of anilines is 1. The van der Waals surface area contributed by atoms with Gasteiger partial charge in [0.1, 0.15) is 12.4 Å². The Morgan fingerprint density at radius 1 is 0.889 bits per heavy atom. The maximum absolute atomic E-state index is 12.6. The molecule has 3 aromatic carbocycles. The fourth-order valence-corrected chi connectivity index (χ4v) is 3.25. The van der Waals surface area contributed by atoms with Gasteiger partial charge in [-0.25, -0.2) is 4.79 Å². The third kappa shape index (κ3) is 4.29. The van der Waals surface area contributed by atoms with Crippen LogP contribution in [0.5, 0.6) is 5.75 Å². The van der Waals surface area contributed by atoms with Crippen LogP contribution in [0, 0.1) is 0 Å². The van der Waals surface area contributed by atoms with Crippen LogP contribution in [0.3, 0.4) is 0 Å². The average Bonchev–Trinajstić information content (AvgIpc) is 2.73. The Hall–Kier alpha value is -3.27. The van der Waals surface area contributed by atoms with Crippen LogP contribution in [0.15, 0.2) is 78.9 Å². The van der Waals surface area contributed by atoms with Gasteiger partial charge >= 0.3 is 6.03 Å². The van der Waals surface area contributed by atoms with Crippen LogP contribution in [0.25, 0.3) is 0 Å². The van der Waals surface area contributed by atoms with Crippen molar-refractivity contribution in [2.45, 2.75) is 19.6 Å². The van der Waals surface area contributed by atoms with E-state index in [1.165, 1.54) is 11.1 Å². The minimum absolute atomic E-state index is 0.0672. The van der Waals surface area contributed by atoms with Crippen LogP contribution in [0.2, 0.25) is 0 Å². The summed E-state index contributed by atoms with van der Waals surface area (Å²) in [7, 11) is 0. The summed E-state index contributed by atoms with van der Waals surface area (Å²) in [6.45, 7) is 1.92. The van der Waals surface area contributed by atoms with E-state index in [0.29, 0.717) is 13.2 Å². The standard InChI is InChI=1S/C23H22N2O2/c26-23(25-15-14-19-8-4-5-9-20(19)16-25)24-21-10-12-22(13-11-21)27-17-18-6-2-1-3-7-18/h1-13H,14-17H2,(H,24,26). The van der Waals surface area contributed by atoms with Crippen molar-refractivity contribution < 1.29 is 9.53 Å². The van der Waals surface area contributed by atoms with E-state index in [-0.39, 0.29) is 6.03 Å². The Balaban J connectivity index is 1.32. The molecule has 0 spiro atoms. The number of nitrogens with one attached hydrogen (secondary N) is 1. The first-order valence-electron chi connectivity index (χ1n) is 9.17. The number of amides is 2. The molecular formula is C23H22N2O2. The van der Waals surface area contributed by atoms with Crippen LogP contribution < -0.4 is 10.1 Å². The molecule has 3 aromatic rings. The zero-order valence-electron chi connectivity index (χ0n) is 15.1. The third-order valence-electron chi connectivity index (χ3n) is 4.77. The topological polar surface area (TPSA) is 41.6 Å². The van der Waals surface area contributed by atoms with E-state index in [4.69, 9.17) is 4.74 Å². The van der Waals surface area contributed by atoms with Gasteiger partial charge in [-0.1, -0.05) is 54.6 Å². The molecule has 4 rings (SSSR count). The zero-order chi connectivity index (χ0) is 18.5. The van der Waals surface area contributed by atoms with Gasteiger partial charge in [-0.15, -0.1) is 0 Å². The highest BCUT2D eigenvalue weighted by molar-refractivity contribution is 5.89. The first-order chi connectivity index (χ1) is 13.3. The van der Waals surface area contributed by atoms with Gasteiger partial charge in [0.25, 0.3) is 0 Å². The summed E-state index contributed by atoms with van der Waals surface area (Å²) in [5, 5.41) is 2.97. The lowest BCUT2D eigenvalue weighted by molar-refractivity contribution is 0.206. The lowest BCUT2D eigenvalue weighted by Crippen LogP contribution is -2.38. The number of carbonyl (C=O) groups is 1. The molecule has 0 unspecified atom stereocenters. The summed E-state index contributed by atoms with van der Waals surface area (Å²) in [6.07, 6.45) is 0.899. The SMILES string of the molecule is O=C(Nc1ccc(OCc2ccccc2)cc1)N1CCc2ccccc2C1. The molecule has 0 aliphatic carbocycles. The highest BCUT2D eigenvalue weighted by Gasteiger charge is 2.20. The van der Waals surface area contributed by atoms with Crippen molar-refractivity contribution in [3.05, 3.63) is 95.6 Å². The molecule has 2 amide bonds. The van der Waals surface area contributed by atoms with E-state index in [0.717, 1.165) is 30.0 Å². The van der Waals surface area contributed by atoms with Gasteiger partial charge in [0.05, 0.1) is 0 Å². The van der Waals surface area contributed by atoms with Crippen LogP contribution in [-0.4, -0.2) is 17.5 Å². The predicted octanol–water partition coefficient (Wildman–Crippen LogP) is 4.86. The van der Waals surface area contributed by atoms with E-state index in [9.17, 15) is 4.79 Å². The number of fused-ring (bicyclic) bond motifs is 1. The van der Waals surface area contributed by atoms with Crippen LogP contribution in [-0.2, 0) is 19.6 Å². The number of ether oxygens (including phenoxy) is 1. The van der Waals surface area contributed by atoms with E-state index in [1.54, 1.807) is 0 Å². The molecule has 0 bridgehead atoms. The minimum atomic E-state index is -0.0672. The fraction of sp³-hybridized carbons (Fsp3) is 0.174. The van der Waals surface area contributed by atoms with E-state index >= 15 is 0 Å². The summed E-state index contributed by atoms with van der Waals surface area (Å²) >= 11 is 0. The molecule has 1 heterocycles. The molecule has 136 valence electrons. The monoisotopic (exact) mass is 358 g/mol. The molecule has 1 aliphatic rings. The number of hydrogen-bond donors (Lipinski definition) is 1. The van der Waals surface area contributed by atoms with Crippen molar-refractivity contribution in [3.63, 3.8) is 0 Å². The average molecular weight is 358 g/mol. The molecule has 0 radical (unpaired) electrons. The lowest BCUT2D eigenvalue weighted by atomic mass is 10.0. The van der Waals surface area contributed by atoms with Crippen LogP contribution in [0.4, 0.5) is 10.5 Å². The highest BCUT2D eigenvalue weighted by atomic mass is 16.5. The molecule has 27 heavy (non-hydrogen) atoms. The lowest BCUT2D eigenvalue weighted by Gasteiger charge is -2.29. The summed E-state index contributed by atoms with van der Waals surface area (Å²) in [5.74, 6) is 0.781. The summed E-state index contributed by atoms with van der Waals surface area (Å²) in [5.41, 5.74) is 4.45. The number of hydrogen-bond acceptors (Lipinski definition) is 2. The normalized spacial score (nSPS) is 13.0.